The first-order valence-electron chi connectivity index (χ1n) is 4.92. The van der Waals surface area contributed by atoms with Crippen molar-refractivity contribution in [2.24, 2.45) is 0 Å². The van der Waals surface area contributed by atoms with Gasteiger partial charge in [-0.1, -0.05) is 6.07 Å². The van der Waals surface area contributed by atoms with E-state index in [1.807, 2.05) is 0 Å². The van der Waals surface area contributed by atoms with Gasteiger partial charge in [-0.3, -0.25) is 4.40 Å². The second kappa shape index (κ2) is 4.50. The molecular weight excluding hydrogens is 266 g/mol. The number of imidazole rings is 1. The number of alkyl halides is 2. The van der Waals surface area contributed by atoms with Crippen molar-refractivity contribution < 1.29 is 17.2 Å². The van der Waals surface area contributed by atoms with Crippen LogP contribution in [0.25, 0.3) is 5.65 Å². The molecule has 0 aromatic carbocycles. The summed E-state index contributed by atoms with van der Waals surface area (Å²) in [6.07, 6.45) is -1.34. The number of hydrogen-bond donors (Lipinski definition) is 2. The zero-order valence-corrected chi connectivity index (χ0v) is 9.86. The first-order chi connectivity index (χ1) is 8.42. The Balaban J connectivity index is 2.50. The van der Waals surface area contributed by atoms with E-state index in [1.165, 1.54) is 10.6 Å². The highest BCUT2D eigenvalue weighted by molar-refractivity contribution is 7.89. The molecule has 0 spiro atoms. The summed E-state index contributed by atoms with van der Waals surface area (Å²) in [4.78, 5) is 3.84. The van der Waals surface area contributed by atoms with Crippen molar-refractivity contribution in [2.75, 3.05) is 12.3 Å². The number of anilines is 1. The molecule has 0 unspecified atom stereocenters. The number of hydrogen-bond acceptors (Lipinski definition) is 4. The zero-order chi connectivity index (χ0) is 13.3. The van der Waals surface area contributed by atoms with Crippen LogP contribution in [0.3, 0.4) is 0 Å². The summed E-state index contributed by atoms with van der Waals surface area (Å²) >= 11 is 0. The summed E-state index contributed by atoms with van der Waals surface area (Å²) in [5.74, 6) is -0.233. The molecule has 0 amide bonds. The van der Waals surface area contributed by atoms with Crippen LogP contribution in [0.5, 0.6) is 0 Å². The van der Waals surface area contributed by atoms with Crippen LogP contribution in [0.1, 0.15) is 0 Å². The standard InChI is InChI=1S/C9H10F2N4O2S/c10-6(11)5-13-18(16,17)9-8(12)14-7-3-1-2-4-15(7)9/h1-4,6,13H,5,12H2. The fraction of sp³-hybridized carbons (Fsp3) is 0.222. The summed E-state index contributed by atoms with van der Waals surface area (Å²) in [6, 6.07) is 4.80. The fourth-order valence-electron chi connectivity index (χ4n) is 1.50. The third-order valence-electron chi connectivity index (χ3n) is 2.19. The van der Waals surface area contributed by atoms with Crippen LogP contribution in [0, 0.1) is 0 Å². The van der Waals surface area contributed by atoms with E-state index in [1.54, 1.807) is 22.9 Å². The van der Waals surface area contributed by atoms with Crippen LogP contribution in [-0.2, 0) is 10.0 Å². The van der Waals surface area contributed by atoms with Gasteiger partial charge in [0.1, 0.15) is 5.65 Å². The molecule has 0 bridgehead atoms. The Bertz CT molecular complexity index is 668. The maximum Gasteiger partial charge on any atom is 0.260 e. The number of sulfonamides is 1. The van der Waals surface area contributed by atoms with Gasteiger partial charge in [-0.15, -0.1) is 0 Å². The maximum atomic E-state index is 12.0. The molecule has 2 aromatic rings. The van der Waals surface area contributed by atoms with E-state index in [2.05, 4.69) is 4.98 Å². The minimum Gasteiger partial charge on any atom is -0.381 e. The largest absolute Gasteiger partial charge is 0.381 e. The molecule has 0 aliphatic rings. The van der Waals surface area contributed by atoms with Crippen LogP contribution in [-0.4, -0.2) is 30.8 Å². The summed E-state index contributed by atoms with van der Waals surface area (Å²) in [5, 5.41) is -0.334. The van der Waals surface area contributed by atoms with Gasteiger partial charge in [-0.05, 0) is 12.1 Å². The number of nitrogens with zero attached hydrogens (tertiary/aromatic N) is 2. The van der Waals surface area contributed by atoms with Gasteiger partial charge in [-0.2, -0.15) is 0 Å². The van der Waals surface area contributed by atoms with Gasteiger partial charge in [0.05, 0.1) is 6.54 Å². The number of halogens is 2. The number of nitrogens with one attached hydrogen (secondary N) is 1. The van der Waals surface area contributed by atoms with E-state index in [-0.39, 0.29) is 10.8 Å². The molecule has 0 aliphatic carbocycles. The minimum atomic E-state index is -4.12. The lowest BCUT2D eigenvalue weighted by Crippen LogP contribution is -2.30. The van der Waals surface area contributed by atoms with E-state index < -0.39 is 23.0 Å². The summed E-state index contributed by atoms with van der Waals surface area (Å²) in [6.45, 7) is -0.970. The van der Waals surface area contributed by atoms with Crippen molar-refractivity contribution in [3.63, 3.8) is 0 Å². The molecule has 0 fully saturated rings. The quantitative estimate of drug-likeness (QED) is 0.849. The van der Waals surface area contributed by atoms with Gasteiger partial charge in [-0.25, -0.2) is 26.9 Å². The zero-order valence-electron chi connectivity index (χ0n) is 9.05. The van der Waals surface area contributed by atoms with Gasteiger partial charge < -0.3 is 5.73 Å². The lowest BCUT2D eigenvalue weighted by molar-refractivity contribution is 0.153. The Labute approximate surface area is 101 Å². The van der Waals surface area contributed by atoms with E-state index in [0.717, 1.165) is 0 Å². The number of aromatic nitrogens is 2. The predicted molar refractivity (Wildman–Crippen MR) is 60.8 cm³/mol. The molecular formula is C9H10F2N4O2S. The van der Waals surface area contributed by atoms with E-state index >= 15 is 0 Å². The van der Waals surface area contributed by atoms with Crippen molar-refractivity contribution in [1.29, 1.82) is 0 Å². The Morgan fingerprint density at radius 1 is 1.44 bits per heavy atom. The molecule has 9 heteroatoms. The number of fused-ring (bicyclic) bond motifs is 1. The highest BCUT2D eigenvalue weighted by Crippen LogP contribution is 2.19. The lowest BCUT2D eigenvalue weighted by atomic mass is 10.5. The van der Waals surface area contributed by atoms with Crippen LogP contribution >= 0.6 is 0 Å². The smallest absolute Gasteiger partial charge is 0.260 e. The van der Waals surface area contributed by atoms with Crippen molar-refractivity contribution >= 4 is 21.5 Å². The van der Waals surface area contributed by atoms with E-state index in [9.17, 15) is 17.2 Å². The second-order valence-electron chi connectivity index (χ2n) is 3.47. The second-order valence-corrected chi connectivity index (χ2v) is 5.16. The molecule has 3 N–H and O–H groups in total. The molecule has 98 valence electrons. The molecule has 6 nitrogen and oxygen atoms in total. The maximum absolute atomic E-state index is 12.0. The van der Waals surface area contributed by atoms with Gasteiger partial charge in [0, 0.05) is 6.20 Å². The summed E-state index contributed by atoms with van der Waals surface area (Å²) in [7, 11) is -4.12. The van der Waals surface area contributed by atoms with Crippen LogP contribution < -0.4 is 10.5 Å². The van der Waals surface area contributed by atoms with Crippen LogP contribution in [0.2, 0.25) is 0 Å². The van der Waals surface area contributed by atoms with Crippen molar-refractivity contribution in [2.45, 2.75) is 11.5 Å². The third kappa shape index (κ3) is 2.27. The Hall–Kier alpha value is -1.74. The van der Waals surface area contributed by atoms with Gasteiger partial charge in [0.25, 0.3) is 16.4 Å². The van der Waals surface area contributed by atoms with Gasteiger partial charge in [0.2, 0.25) is 0 Å². The van der Waals surface area contributed by atoms with E-state index in [4.69, 9.17) is 5.73 Å². The molecule has 2 heterocycles. The van der Waals surface area contributed by atoms with Crippen molar-refractivity contribution in [1.82, 2.24) is 14.1 Å². The normalized spacial score (nSPS) is 12.4. The number of pyridine rings is 1. The fourth-order valence-corrected chi connectivity index (χ4v) is 2.72. The molecule has 2 aromatic heterocycles. The average molecular weight is 276 g/mol. The first-order valence-corrected chi connectivity index (χ1v) is 6.40. The van der Waals surface area contributed by atoms with Crippen LogP contribution in [0.4, 0.5) is 14.6 Å². The molecule has 0 saturated carbocycles. The van der Waals surface area contributed by atoms with Gasteiger partial charge in [0.15, 0.2) is 10.8 Å². The topological polar surface area (TPSA) is 89.5 Å². The summed E-state index contributed by atoms with van der Waals surface area (Å²) in [5.41, 5.74) is 5.83. The first kappa shape index (κ1) is 12.7. The van der Waals surface area contributed by atoms with Gasteiger partial charge >= 0.3 is 0 Å². The molecule has 0 radical (unpaired) electrons. The molecule has 18 heavy (non-hydrogen) atoms. The highest BCUT2D eigenvalue weighted by Gasteiger charge is 2.24. The Morgan fingerprint density at radius 2 is 2.17 bits per heavy atom. The molecule has 0 aliphatic heterocycles. The average Bonchev–Trinajstić information content (AvgIpc) is 2.63. The molecule has 0 atom stereocenters. The number of rotatable bonds is 4. The minimum absolute atomic E-state index is 0.233. The Kier molecular flexibility index (Phi) is 3.18. The number of nitrogen functional groups attached to an aromatic ring is 1. The highest BCUT2D eigenvalue weighted by atomic mass is 32.2. The SMILES string of the molecule is Nc1nc2ccccn2c1S(=O)(=O)NCC(F)F. The third-order valence-corrected chi connectivity index (χ3v) is 3.66. The monoisotopic (exact) mass is 276 g/mol. The molecule has 0 saturated heterocycles. The van der Waals surface area contributed by atoms with E-state index in [0.29, 0.717) is 5.65 Å². The van der Waals surface area contributed by atoms with Crippen molar-refractivity contribution in [3.8, 4) is 0 Å². The predicted octanol–water partition coefficient (Wildman–Crippen LogP) is 0.460. The van der Waals surface area contributed by atoms with Crippen molar-refractivity contribution in [3.05, 3.63) is 24.4 Å². The summed E-state index contributed by atoms with van der Waals surface area (Å²) < 4.78 is 50.8. The Morgan fingerprint density at radius 3 is 2.83 bits per heavy atom. The van der Waals surface area contributed by atoms with Crippen LogP contribution in [0.15, 0.2) is 29.4 Å². The lowest BCUT2D eigenvalue weighted by Gasteiger charge is -2.06. The number of nitrogens with two attached hydrogens (primary N) is 1. The molecule has 2 rings (SSSR count).